The van der Waals surface area contributed by atoms with Crippen molar-refractivity contribution in [1.29, 1.82) is 0 Å². The molecule has 0 atom stereocenters. The minimum absolute atomic E-state index is 0.0236. The standard InChI is InChI=1S/C27H30ClF2N3O5/c1-27(2,3)38-26(37)14-6-8-15(9-7-14)31-25(36)23(34)22-21(28)20(19-5-4-12-33(19)22)24(35)32-16-10-11-17(29)18(30)13-16/h10-11,13-15H,4-9,12H2,1-3H3,(H,31,36)(H,32,35). The third-order valence-corrected chi connectivity index (χ3v) is 7.10. The molecule has 11 heteroatoms. The highest BCUT2D eigenvalue weighted by atomic mass is 35.5. The summed E-state index contributed by atoms with van der Waals surface area (Å²) in [5.41, 5.74) is -0.0897. The van der Waals surface area contributed by atoms with Crippen LogP contribution in [-0.4, -0.2) is 39.8 Å². The third kappa shape index (κ3) is 5.90. The number of ketones is 1. The number of Topliss-reactive ketones (excluding diaryl/α,β-unsaturated/α-hetero) is 1. The van der Waals surface area contributed by atoms with Gasteiger partial charge in [0.05, 0.1) is 16.5 Å². The molecule has 0 spiro atoms. The Bertz CT molecular complexity index is 1290. The van der Waals surface area contributed by atoms with Crippen LogP contribution >= 0.6 is 11.6 Å². The number of nitrogens with zero attached hydrogens (tertiary/aromatic N) is 1. The minimum atomic E-state index is -1.12. The highest BCUT2D eigenvalue weighted by Gasteiger charge is 2.36. The lowest BCUT2D eigenvalue weighted by Gasteiger charge is -2.30. The van der Waals surface area contributed by atoms with Crippen molar-refractivity contribution >= 4 is 40.9 Å². The molecule has 0 saturated heterocycles. The lowest BCUT2D eigenvalue weighted by Crippen LogP contribution is -2.43. The summed E-state index contributed by atoms with van der Waals surface area (Å²) in [6.07, 6.45) is 3.21. The fourth-order valence-electron chi connectivity index (χ4n) is 4.98. The van der Waals surface area contributed by atoms with Gasteiger partial charge in [0.1, 0.15) is 11.3 Å². The molecule has 38 heavy (non-hydrogen) atoms. The number of carbonyl (C=O) groups excluding carboxylic acids is 4. The number of benzene rings is 1. The van der Waals surface area contributed by atoms with E-state index < -0.39 is 34.8 Å². The lowest BCUT2D eigenvalue weighted by atomic mass is 9.86. The van der Waals surface area contributed by atoms with Crippen molar-refractivity contribution in [1.82, 2.24) is 9.88 Å². The summed E-state index contributed by atoms with van der Waals surface area (Å²) in [5, 5.41) is 5.06. The second-order valence-electron chi connectivity index (χ2n) is 10.7. The van der Waals surface area contributed by atoms with Gasteiger partial charge in [0.25, 0.3) is 17.6 Å². The summed E-state index contributed by atoms with van der Waals surface area (Å²) in [6, 6.07) is 2.65. The average Bonchev–Trinajstić information content (AvgIpc) is 3.39. The summed E-state index contributed by atoms with van der Waals surface area (Å²) in [6.45, 7) is 5.83. The molecule has 2 aliphatic rings. The molecule has 0 unspecified atom stereocenters. The molecule has 8 nitrogen and oxygen atoms in total. The topological polar surface area (TPSA) is 106 Å². The fraction of sp³-hybridized carbons (Fsp3) is 0.481. The molecular formula is C27H30ClF2N3O5. The summed E-state index contributed by atoms with van der Waals surface area (Å²) in [5.74, 6) is -5.08. The van der Waals surface area contributed by atoms with E-state index in [9.17, 15) is 28.0 Å². The van der Waals surface area contributed by atoms with Gasteiger partial charge in [-0.3, -0.25) is 19.2 Å². The molecule has 0 radical (unpaired) electrons. The summed E-state index contributed by atoms with van der Waals surface area (Å²) < 4.78 is 33.8. The van der Waals surface area contributed by atoms with Gasteiger partial charge in [0.2, 0.25) is 0 Å². The Hall–Kier alpha value is -3.27. The zero-order valence-electron chi connectivity index (χ0n) is 21.5. The van der Waals surface area contributed by atoms with Crippen LogP contribution in [0.4, 0.5) is 14.5 Å². The monoisotopic (exact) mass is 549 g/mol. The number of halogens is 3. The molecular weight excluding hydrogens is 520 g/mol. The van der Waals surface area contributed by atoms with Gasteiger partial charge in [-0.15, -0.1) is 0 Å². The summed E-state index contributed by atoms with van der Waals surface area (Å²) in [4.78, 5) is 51.4. The van der Waals surface area contributed by atoms with Crippen molar-refractivity contribution < 1.29 is 32.7 Å². The first-order valence-electron chi connectivity index (χ1n) is 12.6. The van der Waals surface area contributed by atoms with Crippen LogP contribution in [0.15, 0.2) is 18.2 Å². The Morgan fingerprint density at radius 1 is 1.05 bits per heavy atom. The molecule has 204 valence electrons. The molecule has 1 saturated carbocycles. The fourth-order valence-corrected chi connectivity index (χ4v) is 5.37. The van der Waals surface area contributed by atoms with Crippen molar-refractivity contribution in [2.45, 2.75) is 77.5 Å². The van der Waals surface area contributed by atoms with Crippen LogP contribution in [-0.2, 0) is 27.3 Å². The number of fused-ring (bicyclic) bond motifs is 1. The molecule has 1 fully saturated rings. The molecule has 4 rings (SSSR count). The van der Waals surface area contributed by atoms with E-state index in [-0.39, 0.29) is 39.9 Å². The maximum Gasteiger partial charge on any atom is 0.309 e. The van der Waals surface area contributed by atoms with Crippen molar-refractivity contribution in [2.24, 2.45) is 5.92 Å². The Kier molecular flexibility index (Phi) is 7.92. The predicted molar refractivity (Wildman–Crippen MR) is 136 cm³/mol. The zero-order chi connectivity index (χ0) is 27.8. The Labute approximate surface area is 224 Å². The number of esters is 1. The summed E-state index contributed by atoms with van der Waals surface area (Å²) >= 11 is 6.49. The van der Waals surface area contributed by atoms with Crippen molar-refractivity contribution in [3.8, 4) is 0 Å². The number of ether oxygens (including phenoxy) is 1. The van der Waals surface area contributed by atoms with Crippen LogP contribution in [0.25, 0.3) is 0 Å². The van der Waals surface area contributed by atoms with Gasteiger partial charge in [-0.2, -0.15) is 0 Å². The van der Waals surface area contributed by atoms with E-state index in [1.54, 1.807) is 4.57 Å². The summed E-state index contributed by atoms with van der Waals surface area (Å²) in [7, 11) is 0. The van der Waals surface area contributed by atoms with Gasteiger partial charge in [-0.1, -0.05) is 11.6 Å². The molecule has 0 bridgehead atoms. The van der Waals surface area contributed by atoms with E-state index in [1.165, 1.54) is 6.07 Å². The number of rotatable bonds is 6. The van der Waals surface area contributed by atoms with Crippen LogP contribution in [0.1, 0.15) is 79.4 Å². The number of hydrogen-bond donors (Lipinski definition) is 2. The van der Waals surface area contributed by atoms with Gasteiger partial charge >= 0.3 is 5.97 Å². The van der Waals surface area contributed by atoms with Gasteiger partial charge in [0, 0.05) is 30.0 Å². The van der Waals surface area contributed by atoms with Gasteiger partial charge in [-0.05, 0) is 71.4 Å². The van der Waals surface area contributed by atoms with Crippen molar-refractivity contribution in [2.75, 3.05) is 5.32 Å². The van der Waals surface area contributed by atoms with E-state index in [0.29, 0.717) is 50.8 Å². The first-order chi connectivity index (χ1) is 17.9. The molecule has 1 aliphatic heterocycles. The highest BCUT2D eigenvalue weighted by molar-refractivity contribution is 6.48. The third-order valence-electron chi connectivity index (χ3n) is 6.74. The van der Waals surface area contributed by atoms with Crippen LogP contribution < -0.4 is 10.6 Å². The number of carbonyl (C=O) groups is 4. The maximum absolute atomic E-state index is 13.6. The number of nitrogens with one attached hydrogen (secondary N) is 2. The predicted octanol–water partition coefficient (Wildman–Crippen LogP) is 4.82. The van der Waals surface area contributed by atoms with Crippen LogP contribution in [0.5, 0.6) is 0 Å². The van der Waals surface area contributed by atoms with Crippen molar-refractivity contribution in [3.63, 3.8) is 0 Å². The molecule has 2 heterocycles. The Morgan fingerprint density at radius 2 is 1.74 bits per heavy atom. The van der Waals surface area contributed by atoms with E-state index in [1.807, 2.05) is 20.8 Å². The Morgan fingerprint density at radius 3 is 2.37 bits per heavy atom. The number of hydrogen-bond acceptors (Lipinski definition) is 5. The normalized spacial score (nSPS) is 19.0. The van der Waals surface area contributed by atoms with E-state index >= 15 is 0 Å². The zero-order valence-corrected chi connectivity index (χ0v) is 22.2. The van der Waals surface area contributed by atoms with Crippen LogP contribution in [0.2, 0.25) is 5.02 Å². The molecule has 2 amide bonds. The largest absolute Gasteiger partial charge is 0.460 e. The number of amides is 2. The van der Waals surface area contributed by atoms with Gasteiger partial charge in [-0.25, -0.2) is 8.78 Å². The van der Waals surface area contributed by atoms with Crippen LogP contribution in [0.3, 0.4) is 0 Å². The number of aromatic nitrogens is 1. The molecule has 2 N–H and O–H groups in total. The maximum atomic E-state index is 13.6. The number of anilines is 1. The molecule has 2 aromatic rings. The van der Waals surface area contributed by atoms with E-state index in [4.69, 9.17) is 16.3 Å². The van der Waals surface area contributed by atoms with Gasteiger partial charge in [0.15, 0.2) is 11.6 Å². The van der Waals surface area contributed by atoms with Crippen molar-refractivity contribution in [3.05, 3.63) is 51.8 Å². The molecule has 1 aliphatic carbocycles. The van der Waals surface area contributed by atoms with Gasteiger partial charge < -0.3 is 19.9 Å². The van der Waals surface area contributed by atoms with Crippen LogP contribution in [0, 0.1) is 17.6 Å². The quantitative estimate of drug-likeness (QED) is 0.305. The van der Waals surface area contributed by atoms with E-state index in [2.05, 4.69) is 10.6 Å². The highest BCUT2D eigenvalue weighted by Crippen LogP contribution is 2.34. The lowest BCUT2D eigenvalue weighted by molar-refractivity contribution is -0.161. The minimum Gasteiger partial charge on any atom is -0.460 e. The average molecular weight is 550 g/mol. The van der Waals surface area contributed by atoms with E-state index in [0.717, 1.165) is 12.1 Å². The second kappa shape index (κ2) is 10.8. The Balaban J connectivity index is 1.44. The second-order valence-corrected chi connectivity index (χ2v) is 11.1. The first kappa shape index (κ1) is 27.8. The molecule has 1 aromatic carbocycles. The first-order valence-corrected chi connectivity index (χ1v) is 13.0. The smallest absolute Gasteiger partial charge is 0.309 e. The molecule has 1 aromatic heterocycles. The SMILES string of the molecule is CC(C)(C)OC(=O)C1CCC(NC(=O)C(=O)c2c(Cl)c(C(=O)Nc3ccc(F)c(F)c3)c3n2CCC3)CC1.